The van der Waals surface area contributed by atoms with Crippen LogP contribution in [0.3, 0.4) is 0 Å². The molecule has 2 aromatic carbocycles. The second-order valence-corrected chi connectivity index (χ2v) is 15.7. The number of fused-ring (bicyclic) bond motifs is 2. The molecule has 1 amide bonds. The van der Waals surface area contributed by atoms with Crippen molar-refractivity contribution < 1.29 is 19.2 Å². The zero-order valence-electron chi connectivity index (χ0n) is 29.5. The van der Waals surface area contributed by atoms with E-state index in [0.717, 1.165) is 49.1 Å². The van der Waals surface area contributed by atoms with Gasteiger partial charge in [-0.25, -0.2) is 4.79 Å². The fourth-order valence-electron chi connectivity index (χ4n) is 7.01. The first-order chi connectivity index (χ1) is 20.8. The van der Waals surface area contributed by atoms with E-state index < -0.39 is 6.09 Å². The van der Waals surface area contributed by atoms with E-state index in [2.05, 4.69) is 129 Å². The van der Waals surface area contributed by atoms with Crippen molar-refractivity contribution in [3.63, 3.8) is 0 Å². The Bertz CT molecular complexity index is 1460. The fourth-order valence-corrected chi connectivity index (χ4v) is 7.01. The molecule has 1 N–H and O–H groups in total. The minimum atomic E-state index is -0.861. The summed E-state index contributed by atoms with van der Waals surface area (Å²) in [6, 6.07) is 13.2. The van der Waals surface area contributed by atoms with Gasteiger partial charge >= 0.3 is 13.2 Å². The SMILES string of the molecule is CC1CC=C(c2ccc3c(c2)CCN(C)C3(C)C)N(C(=O)O)C1.CN1CCc2cc(B3OC(C)(C)C(C)(C)O3)ccc2C1(C)C. The highest BCUT2D eigenvalue weighted by molar-refractivity contribution is 6.62. The van der Waals surface area contributed by atoms with Crippen LogP contribution in [-0.4, -0.2) is 77.9 Å². The van der Waals surface area contributed by atoms with Crippen LogP contribution in [0.5, 0.6) is 0 Å². The van der Waals surface area contributed by atoms with Crippen LogP contribution in [0.25, 0.3) is 5.70 Å². The molecule has 4 aliphatic rings. The molecule has 4 heterocycles. The monoisotopic (exact) mass is 615 g/mol. The number of hydrogen-bond donors (Lipinski definition) is 1. The van der Waals surface area contributed by atoms with Crippen molar-refractivity contribution >= 4 is 24.4 Å². The molecule has 1 saturated heterocycles. The molecule has 1 fully saturated rings. The van der Waals surface area contributed by atoms with Gasteiger partial charge in [0.1, 0.15) is 0 Å². The summed E-state index contributed by atoms with van der Waals surface area (Å²) in [7, 11) is 4.09. The average Bonchev–Trinajstić information content (AvgIpc) is 3.19. The number of rotatable bonds is 2. The van der Waals surface area contributed by atoms with Gasteiger partial charge in [-0.05, 0) is 134 Å². The van der Waals surface area contributed by atoms with Crippen LogP contribution >= 0.6 is 0 Å². The summed E-state index contributed by atoms with van der Waals surface area (Å²) >= 11 is 0. The number of hydrogen-bond acceptors (Lipinski definition) is 5. The summed E-state index contributed by atoms with van der Waals surface area (Å²) < 4.78 is 12.4. The Hall–Kier alpha value is -2.65. The molecule has 244 valence electrons. The van der Waals surface area contributed by atoms with Crippen LogP contribution < -0.4 is 5.46 Å². The molecule has 0 aliphatic carbocycles. The van der Waals surface area contributed by atoms with Crippen molar-refractivity contribution in [1.82, 2.24) is 14.7 Å². The maximum Gasteiger partial charge on any atom is 0.494 e. The van der Waals surface area contributed by atoms with Gasteiger partial charge < -0.3 is 14.4 Å². The minimum Gasteiger partial charge on any atom is -0.465 e. The molecular formula is C37H54BN3O4. The first-order valence-electron chi connectivity index (χ1n) is 16.6. The normalized spacial score (nSPS) is 25.0. The standard InChI is InChI=1S/C19H26N2O2.C18H28BNO2/c1-13-5-8-17(21(12-13)18(22)23)15-6-7-16-14(11-15)9-10-20(4)19(16,2)3;1-16(2)15-9-8-14(12-13(15)10-11-20(16)7)19-21-17(3,4)18(5,6)22-19/h6-8,11,13H,5,9-10,12H2,1-4H3,(H,22,23);8-9,12H,10-11H2,1-7H3. The van der Waals surface area contributed by atoms with Gasteiger partial charge in [0.05, 0.1) is 16.9 Å². The molecule has 2 aromatic rings. The van der Waals surface area contributed by atoms with E-state index in [4.69, 9.17) is 9.31 Å². The summed E-state index contributed by atoms with van der Waals surface area (Å²) in [5, 5.41) is 9.52. The third-order valence-electron chi connectivity index (χ3n) is 11.4. The maximum atomic E-state index is 11.6. The van der Waals surface area contributed by atoms with Crippen LogP contribution in [0.2, 0.25) is 0 Å². The molecule has 45 heavy (non-hydrogen) atoms. The lowest BCUT2D eigenvalue weighted by Gasteiger charge is -2.42. The number of nitrogens with zero attached hydrogens (tertiary/aromatic N) is 3. The van der Waals surface area contributed by atoms with Gasteiger partial charge in [0.2, 0.25) is 0 Å². The average molecular weight is 616 g/mol. The first kappa shape index (κ1) is 33.7. The van der Waals surface area contributed by atoms with Crippen molar-refractivity contribution in [2.75, 3.05) is 33.7 Å². The number of allylic oxidation sites excluding steroid dienone is 1. The third kappa shape index (κ3) is 6.23. The predicted molar refractivity (Wildman–Crippen MR) is 184 cm³/mol. The lowest BCUT2D eigenvalue weighted by atomic mass is 9.74. The minimum absolute atomic E-state index is 0.0219. The number of carboxylic acid groups (broad SMARTS) is 1. The Balaban J connectivity index is 0.000000178. The highest BCUT2D eigenvalue weighted by atomic mass is 16.7. The zero-order valence-corrected chi connectivity index (χ0v) is 29.5. The van der Waals surface area contributed by atoms with Gasteiger partial charge in [0.15, 0.2) is 0 Å². The smallest absolute Gasteiger partial charge is 0.465 e. The largest absolute Gasteiger partial charge is 0.494 e. The van der Waals surface area contributed by atoms with Gasteiger partial charge in [-0.3, -0.25) is 14.7 Å². The van der Waals surface area contributed by atoms with E-state index in [1.165, 1.54) is 27.2 Å². The predicted octanol–water partition coefficient (Wildman–Crippen LogP) is 6.48. The van der Waals surface area contributed by atoms with Crippen LogP contribution in [0.1, 0.15) is 96.6 Å². The highest BCUT2D eigenvalue weighted by Gasteiger charge is 2.52. The van der Waals surface area contributed by atoms with Crippen LogP contribution in [0, 0.1) is 5.92 Å². The van der Waals surface area contributed by atoms with Crippen molar-refractivity contribution in [1.29, 1.82) is 0 Å². The molecule has 0 saturated carbocycles. The summed E-state index contributed by atoms with van der Waals surface area (Å²) in [5.74, 6) is 0.375. The van der Waals surface area contributed by atoms with E-state index in [0.29, 0.717) is 12.5 Å². The second-order valence-electron chi connectivity index (χ2n) is 15.7. The number of benzene rings is 2. The van der Waals surface area contributed by atoms with Gasteiger partial charge in [-0.15, -0.1) is 0 Å². The summed E-state index contributed by atoms with van der Waals surface area (Å²) in [4.78, 5) is 17.9. The molecular weight excluding hydrogens is 561 g/mol. The van der Waals surface area contributed by atoms with E-state index in [1.54, 1.807) is 0 Å². The molecule has 8 heteroatoms. The molecule has 6 rings (SSSR count). The Morgan fingerprint density at radius 3 is 1.87 bits per heavy atom. The second kappa shape index (κ2) is 11.9. The fraction of sp³-hybridized carbons (Fsp3) is 0.595. The molecule has 7 nitrogen and oxygen atoms in total. The van der Waals surface area contributed by atoms with Gasteiger partial charge in [-0.1, -0.05) is 43.3 Å². The van der Waals surface area contributed by atoms with Crippen molar-refractivity contribution in [2.45, 2.75) is 104 Å². The Morgan fingerprint density at radius 2 is 1.33 bits per heavy atom. The third-order valence-corrected chi connectivity index (χ3v) is 11.4. The molecule has 1 unspecified atom stereocenters. The van der Waals surface area contributed by atoms with E-state index in [1.807, 2.05) is 0 Å². The van der Waals surface area contributed by atoms with Crippen molar-refractivity contribution in [3.8, 4) is 0 Å². The van der Waals surface area contributed by atoms with Crippen LogP contribution in [0.4, 0.5) is 4.79 Å². The summed E-state index contributed by atoms with van der Waals surface area (Å²) in [6.07, 6.45) is 4.25. The van der Waals surface area contributed by atoms with E-state index >= 15 is 0 Å². The van der Waals surface area contributed by atoms with Gasteiger partial charge in [-0.2, -0.15) is 0 Å². The number of likely N-dealkylation sites (N-methyl/N-ethyl adjacent to an activating group) is 2. The van der Waals surface area contributed by atoms with Gasteiger partial charge in [0.25, 0.3) is 0 Å². The van der Waals surface area contributed by atoms with Crippen molar-refractivity contribution in [2.24, 2.45) is 5.92 Å². The zero-order chi connectivity index (χ0) is 33.1. The molecule has 0 spiro atoms. The van der Waals surface area contributed by atoms with Gasteiger partial charge in [0, 0.05) is 30.7 Å². The maximum absolute atomic E-state index is 11.6. The first-order valence-corrected chi connectivity index (χ1v) is 16.6. The lowest BCUT2D eigenvalue weighted by molar-refractivity contribution is 0.00578. The van der Waals surface area contributed by atoms with E-state index in [-0.39, 0.29) is 29.4 Å². The molecule has 4 aliphatic heterocycles. The molecule has 1 atom stereocenters. The van der Waals surface area contributed by atoms with Crippen LogP contribution in [-0.2, 0) is 33.2 Å². The lowest BCUT2D eigenvalue weighted by Crippen LogP contribution is -2.45. The summed E-state index contributed by atoms with van der Waals surface area (Å²) in [6.45, 7) is 22.3. The number of amides is 1. The quantitative estimate of drug-likeness (QED) is 0.391. The molecule has 0 bridgehead atoms. The molecule has 0 aromatic heterocycles. The number of carbonyl (C=O) groups is 1. The Labute approximate surface area is 271 Å². The Kier molecular flexibility index (Phi) is 8.88. The van der Waals surface area contributed by atoms with E-state index in [9.17, 15) is 9.90 Å². The highest BCUT2D eigenvalue weighted by Crippen LogP contribution is 2.39. The topological polar surface area (TPSA) is 65.5 Å². The molecule has 0 radical (unpaired) electrons. The van der Waals surface area contributed by atoms with Crippen LogP contribution in [0.15, 0.2) is 42.5 Å². The Morgan fingerprint density at radius 1 is 0.822 bits per heavy atom. The summed E-state index contributed by atoms with van der Waals surface area (Å²) in [5.41, 5.74) is 8.08. The van der Waals surface area contributed by atoms with Crippen molar-refractivity contribution in [3.05, 3.63) is 70.3 Å².